The van der Waals surface area contributed by atoms with E-state index in [1.165, 1.54) is 17.9 Å². The minimum absolute atomic E-state index is 0.264. The Balaban J connectivity index is 2.83. The minimum Gasteiger partial charge on any atom is -0.396 e. The van der Waals surface area contributed by atoms with E-state index in [4.69, 9.17) is 5.73 Å². The average molecular weight is 239 g/mol. The summed E-state index contributed by atoms with van der Waals surface area (Å²) in [6, 6.07) is -0.618. The maximum atomic E-state index is 11.9. The second-order valence-electron chi connectivity index (χ2n) is 3.57. The van der Waals surface area contributed by atoms with Crippen molar-refractivity contribution < 1.29 is 9.59 Å². The molecule has 1 aromatic rings. The van der Waals surface area contributed by atoms with Crippen molar-refractivity contribution >= 4 is 17.5 Å². The number of hydrogen-bond acceptors (Lipinski definition) is 4. The topological polar surface area (TPSA) is 102 Å². The molecule has 4 N–H and O–H groups in total. The first-order valence-electron chi connectivity index (χ1n) is 5.35. The zero-order valence-corrected chi connectivity index (χ0v) is 10.2. The van der Waals surface area contributed by atoms with Gasteiger partial charge >= 0.3 is 0 Å². The van der Waals surface area contributed by atoms with E-state index < -0.39 is 11.9 Å². The lowest BCUT2D eigenvalue weighted by atomic mass is 10.2. The molecular weight excluding hydrogens is 222 g/mol. The SMILES string of the molecule is CCn1ncc(N)c1C(=O)NC(C)C(=O)NC. The van der Waals surface area contributed by atoms with E-state index in [0.29, 0.717) is 12.2 Å². The average Bonchev–Trinajstić information content (AvgIpc) is 2.69. The number of nitrogens with two attached hydrogens (primary N) is 1. The van der Waals surface area contributed by atoms with Gasteiger partial charge in [0.05, 0.1) is 11.9 Å². The quantitative estimate of drug-likeness (QED) is 0.649. The van der Waals surface area contributed by atoms with Crippen LogP contribution in [0.2, 0.25) is 0 Å². The standard InChI is InChI=1S/C10H17N5O2/c1-4-15-8(7(11)5-13-15)10(17)14-6(2)9(16)12-3/h5-6H,4,11H2,1-3H3,(H,12,16)(H,14,17). The highest BCUT2D eigenvalue weighted by atomic mass is 16.2. The van der Waals surface area contributed by atoms with Crippen LogP contribution < -0.4 is 16.4 Å². The van der Waals surface area contributed by atoms with Crippen molar-refractivity contribution in [3.63, 3.8) is 0 Å². The van der Waals surface area contributed by atoms with Gasteiger partial charge in [-0.15, -0.1) is 0 Å². The highest BCUT2D eigenvalue weighted by Crippen LogP contribution is 2.10. The van der Waals surface area contributed by atoms with Crippen LogP contribution in [0.15, 0.2) is 6.20 Å². The van der Waals surface area contributed by atoms with Gasteiger partial charge in [-0.3, -0.25) is 14.3 Å². The number of carbonyl (C=O) groups is 2. The molecule has 0 aliphatic carbocycles. The van der Waals surface area contributed by atoms with Gasteiger partial charge in [0.25, 0.3) is 5.91 Å². The molecule has 0 fully saturated rings. The molecule has 0 aliphatic heterocycles. The Hall–Kier alpha value is -2.05. The number of carbonyl (C=O) groups excluding carboxylic acids is 2. The van der Waals surface area contributed by atoms with Crippen LogP contribution in [0.25, 0.3) is 0 Å². The first-order valence-corrected chi connectivity index (χ1v) is 5.35. The van der Waals surface area contributed by atoms with Crippen LogP contribution in [-0.2, 0) is 11.3 Å². The number of likely N-dealkylation sites (N-methyl/N-ethyl adjacent to an activating group) is 1. The summed E-state index contributed by atoms with van der Waals surface area (Å²) in [4.78, 5) is 23.2. The Bertz CT molecular complexity index is 426. The Labute approximate surface area is 99.4 Å². The monoisotopic (exact) mass is 239 g/mol. The lowest BCUT2D eigenvalue weighted by molar-refractivity contribution is -0.122. The number of nitrogen functional groups attached to an aromatic ring is 1. The van der Waals surface area contributed by atoms with E-state index in [-0.39, 0.29) is 11.6 Å². The van der Waals surface area contributed by atoms with Crippen molar-refractivity contribution in [1.82, 2.24) is 20.4 Å². The molecule has 1 unspecified atom stereocenters. The van der Waals surface area contributed by atoms with Gasteiger partial charge in [0.1, 0.15) is 11.7 Å². The minimum atomic E-state index is -0.618. The van der Waals surface area contributed by atoms with Crippen molar-refractivity contribution in [2.75, 3.05) is 12.8 Å². The summed E-state index contributed by atoms with van der Waals surface area (Å²) in [5.74, 6) is -0.669. The molecule has 1 atom stereocenters. The second kappa shape index (κ2) is 5.33. The van der Waals surface area contributed by atoms with E-state index in [9.17, 15) is 9.59 Å². The van der Waals surface area contributed by atoms with Crippen molar-refractivity contribution in [2.45, 2.75) is 26.4 Å². The molecule has 17 heavy (non-hydrogen) atoms. The first-order chi connectivity index (χ1) is 8.01. The first kappa shape index (κ1) is 13.0. The van der Waals surface area contributed by atoms with Crippen LogP contribution in [0.4, 0.5) is 5.69 Å². The van der Waals surface area contributed by atoms with Gasteiger partial charge < -0.3 is 16.4 Å². The Morgan fingerprint density at radius 1 is 1.59 bits per heavy atom. The smallest absolute Gasteiger partial charge is 0.272 e. The van der Waals surface area contributed by atoms with Crippen LogP contribution in [-0.4, -0.2) is 34.7 Å². The van der Waals surface area contributed by atoms with E-state index >= 15 is 0 Å². The van der Waals surface area contributed by atoms with Gasteiger partial charge in [-0.05, 0) is 13.8 Å². The van der Waals surface area contributed by atoms with Crippen LogP contribution in [0.1, 0.15) is 24.3 Å². The highest BCUT2D eigenvalue weighted by molar-refractivity contribution is 5.99. The number of hydrogen-bond donors (Lipinski definition) is 3. The molecule has 1 rings (SSSR count). The highest BCUT2D eigenvalue weighted by Gasteiger charge is 2.20. The number of aryl methyl sites for hydroxylation is 1. The fourth-order valence-corrected chi connectivity index (χ4v) is 1.43. The Morgan fingerprint density at radius 3 is 2.76 bits per heavy atom. The molecule has 0 bridgehead atoms. The number of nitrogens with one attached hydrogen (secondary N) is 2. The van der Waals surface area contributed by atoms with Crippen molar-refractivity contribution in [3.8, 4) is 0 Å². The number of nitrogens with zero attached hydrogens (tertiary/aromatic N) is 2. The molecule has 0 radical (unpaired) electrons. The van der Waals surface area contributed by atoms with E-state index in [0.717, 1.165) is 0 Å². The van der Waals surface area contributed by atoms with Crippen LogP contribution >= 0.6 is 0 Å². The molecule has 94 valence electrons. The summed E-state index contributed by atoms with van der Waals surface area (Å²) in [6.45, 7) is 3.99. The second-order valence-corrected chi connectivity index (χ2v) is 3.57. The van der Waals surface area contributed by atoms with Gasteiger partial charge in [-0.25, -0.2) is 0 Å². The maximum absolute atomic E-state index is 11.9. The van der Waals surface area contributed by atoms with Crippen molar-refractivity contribution in [1.29, 1.82) is 0 Å². The van der Waals surface area contributed by atoms with E-state index in [1.54, 1.807) is 6.92 Å². The van der Waals surface area contributed by atoms with Crippen LogP contribution in [0.5, 0.6) is 0 Å². The number of aromatic nitrogens is 2. The van der Waals surface area contributed by atoms with Crippen molar-refractivity contribution in [3.05, 3.63) is 11.9 Å². The Morgan fingerprint density at radius 2 is 2.24 bits per heavy atom. The summed E-state index contributed by atoms with van der Waals surface area (Å²) < 4.78 is 1.49. The van der Waals surface area contributed by atoms with Crippen LogP contribution in [0.3, 0.4) is 0 Å². The number of amides is 2. The van der Waals surface area contributed by atoms with Gasteiger partial charge in [0.15, 0.2) is 0 Å². The normalized spacial score (nSPS) is 11.9. The van der Waals surface area contributed by atoms with Gasteiger partial charge in [-0.1, -0.05) is 0 Å². The summed E-state index contributed by atoms with van der Waals surface area (Å²) in [7, 11) is 1.51. The molecule has 7 nitrogen and oxygen atoms in total. The number of anilines is 1. The molecule has 0 saturated carbocycles. The zero-order valence-electron chi connectivity index (χ0n) is 10.2. The third kappa shape index (κ3) is 2.74. The van der Waals surface area contributed by atoms with Gasteiger partial charge in [-0.2, -0.15) is 5.10 Å². The predicted molar refractivity (Wildman–Crippen MR) is 63.3 cm³/mol. The third-order valence-electron chi connectivity index (χ3n) is 2.37. The molecule has 0 spiro atoms. The van der Waals surface area contributed by atoms with Gasteiger partial charge in [0, 0.05) is 13.6 Å². The molecule has 0 saturated heterocycles. The molecule has 7 heteroatoms. The van der Waals surface area contributed by atoms with E-state index in [1.807, 2.05) is 6.92 Å². The predicted octanol–water partition coefficient (Wildman–Crippen LogP) is -0.650. The summed E-state index contributed by atoms with van der Waals surface area (Å²) in [5, 5.41) is 8.97. The fourth-order valence-electron chi connectivity index (χ4n) is 1.43. The molecule has 2 amide bonds. The fraction of sp³-hybridized carbons (Fsp3) is 0.500. The molecule has 0 aliphatic rings. The lowest BCUT2D eigenvalue weighted by Gasteiger charge is -2.13. The third-order valence-corrected chi connectivity index (χ3v) is 2.37. The van der Waals surface area contributed by atoms with Crippen molar-refractivity contribution in [2.24, 2.45) is 0 Å². The number of rotatable bonds is 4. The maximum Gasteiger partial charge on any atom is 0.272 e. The lowest BCUT2D eigenvalue weighted by Crippen LogP contribution is -2.44. The summed E-state index contributed by atoms with van der Waals surface area (Å²) in [5.41, 5.74) is 6.24. The zero-order chi connectivity index (χ0) is 13.0. The molecule has 1 aromatic heterocycles. The van der Waals surface area contributed by atoms with Gasteiger partial charge in [0.2, 0.25) is 5.91 Å². The van der Waals surface area contributed by atoms with E-state index in [2.05, 4.69) is 15.7 Å². The molecule has 0 aromatic carbocycles. The molecular formula is C10H17N5O2. The largest absolute Gasteiger partial charge is 0.396 e. The van der Waals surface area contributed by atoms with Crippen LogP contribution in [0, 0.1) is 0 Å². The summed E-state index contributed by atoms with van der Waals surface area (Å²) in [6.07, 6.45) is 1.42. The summed E-state index contributed by atoms with van der Waals surface area (Å²) >= 11 is 0. The Kier molecular flexibility index (Phi) is 4.08. The molecule has 1 heterocycles.